The lowest BCUT2D eigenvalue weighted by Gasteiger charge is -2.10. The van der Waals surface area contributed by atoms with Gasteiger partial charge in [0, 0.05) is 10.4 Å². The number of nitrogens with zero attached hydrogens (tertiary/aromatic N) is 1. The van der Waals surface area contributed by atoms with Crippen molar-refractivity contribution in [3.8, 4) is 17.1 Å². The molecule has 0 bridgehead atoms. The predicted octanol–water partition coefficient (Wildman–Crippen LogP) is 5.10. The molecule has 0 fully saturated rings. The largest absolute Gasteiger partial charge is 0.491 e. The van der Waals surface area contributed by atoms with E-state index in [4.69, 9.17) is 9.72 Å². The van der Waals surface area contributed by atoms with E-state index in [0.717, 1.165) is 40.8 Å². The lowest BCUT2D eigenvalue weighted by Crippen LogP contribution is -2.10. The minimum absolute atomic E-state index is 0.00872. The van der Waals surface area contributed by atoms with Gasteiger partial charge in [-0.05, 0) is 69.4 Å². The number of hydrogen-bond donors (Lipinski definition) is 1. The van der Waals surface area contributed by atoms with Gasteiger partial charge >= 0.3 is 0 Å². The first-order valence-corrected chi connectivity index (χ1v) is 10.2. The van der Waals surface area contributed by atoms with Gasteiger partial charge in [0.25, 0.3) is 5.56 Å². The van der Waals surface area contributed by atoms with Gasteiger partial charge < -0.3 is 9.72 Å². The molecule has 1 aromatic carbocycles. The van der Waals surface area contributed by atoms with Crippen molar-refractivity contribution in [3.63, 3.8) is 0 Å². The van der Waals surface area contributed by atoms with Gasteiger partial charge in [-0.3, -0.25) is 4.79 Å². The van der Waals surface area contributed by atoms with Gasteiger partial charge in [0.15, 0.2) is 0 Å². The maximum Gasteiger partial charge on any atom is 0.260 e. The third kappa shape index (κ3) is 3.40. The second-order valence-corrected chi connectivity index (χ2v) is 8.29. The van der Waals surface area contributed by atoms with E-state index in [1.54, 1.807) is 11.3 Å². The fraction of sp³-hybridized carbons (Fsp3) is 0.429. The summed E-state index contributed by atoms with van der Waals surface area (Å²) in [6.45, 7) is 4.01. The smallest absolute Gasteiger partial charge is 0.260 e. The van der Waals surface area contributed by atoms with Crippen LogP contribution in [-0.4, -0.2) is 16.1 Å². The first-order chi connectivity index (χ1) is 12.6. The molecule has 0 saturated heterocycles. The van der Waals surface area contributed by atoms with Gasteiger partial charge in [0.05, 0.1) is 11.5 Å². The van der Waals surface area contributed by atoms with E-state index in [0.29, 0.717) is 5.82 Å². The Morgan fingerprint density at radius 2 is 1.81 bits per heavy atom. The molecule has 136 valence electrons. The molecule has 1 N–H and O–H groups in total. The fourth-order valence-corrected chi connectivity index (χ4v) is 4.88. The third-order valence-corrected chi connectivity index (χ3v) is 6.01. The molecular weight excluding hydrogens is 344 g/mol. The van der Waals surface area contributed by atoms with Gasteiger partial charge in [-0.1, -0.05) is 12.8 Å². The Labute approximate surface area is 157 Å². The molecular formula is C21H24N2O2S. The topological polar surface area (TPSA) is 55.0 Å². The zero-order valence-corrected chi connectivity index (χ0v) is 16.1. The molecule has 4 nitrogen and oxygen atoms in total. The van der Waals surface area contributed by atoms with Crippen LogP contribution < -0.4 is 10.3 Å². The Morgan fingerprint density at radius 3 is 2.54 bits per heavy atom. The van der Waals surface area contributed by atoms with Crippen LogP contribution in [0.5, 0.6) is 5.75 Å². The monoisotopic (exact) mass is 368 g/mol. The molecule has 0 saturated carbocycles. The Morgan fingerprint density at radius 1 is 1.08 bits per heavy atom. The van der Waals surface area contributed by atoms with E-state index < -0.39 is 0 Å². The molecule has 0 amide bonds. The standard InChI is InChI=1S/C21H24N2O2S/c1-13(2)25-15-11-9-14(10-12-15)19-22-20(24)18-16-7-5-3-4-6-8-17(16)26-21(18)23-19/h9-13H,3-8H2,1-2H3,(H,22,23,24). The van der Waals surface area contributed by atoms with Gasteiger partial charge in [-0.15, -0.1) is 11.3 Å². The molecule has 0 radical (unpaired) electrons. The number of aromatic nitrogens is 2. The summed E-state index contributed by atoms with van der Waals surface area (Å²) in [6.07, 6.45) is 7.13. The minimum Gasteiger partial charge on any atom is -0.491 e. The van der Waals surface area contributed by atoms with Crippen LogP contribution in [0.3, 0.4) is 0 Å². The van der Waals surface area contributed by atoms with E-state index in [9.17, 15) is 4.79 Å². The van der Waals surface area contributed by atoms with E-state index >= 15 is 0 Å². The van der Waals surface area contributed by atoms with Crippen LogP contribution in [0.4, 0.5) is 0 Å². The van der Waals surface area contributed by atoms with Crippen molar-refractivity contribution >= 4 is 21.6 Å². The normalized spacial score (nSPS) is 14.9. The number of aryl methyl sites for hydroxylation is 2. The molecule has 1 aliphatic rings. The van der Waals surface area contributed by atoms with Crippen LogP contribution in [0.25, 0.3) is 21.6 Å². The van der Waals surface area contributed by atoms with Crippen LogP contribution in [0.2, 0.25) is 0 Å². The number of H-pyrrole nitrogens is 1. The zero-order chi connectivity index (χ0) is 18.1. The molecule has 0 spiro atoms. The van der Waals surface area contributed by atoms with Gasteiger partial charge in [-0.2, -0.15) is 0 Å². The van der Waals surface area contributed by atoms with Crippen LogP contribution in [-0.2, 0) is 12.8 Å². The highest BCUT2D eigenvalue weighted by atomic mass is 32.1. The molecule has 0 aliphatic heterocycles. The predicted molar refractivity (Wildman–Crippen MR) is 107 cm³/mol. The molecule has 4 rings (SSSR count). The Hall–Kier alpha value is -2.14. The van der Waals surface area contributed by atoms with Crippen molar-refractivity contribution in [3.05, 3.63) is 45.1 Å². The third-order valence-electron chi connectivity index (χ3n) is 4.82. The number of aromatic amines is 1. The maximum atomic E-state index is 12.8. The van der Waals surface area contributed by atoms with Crippen molar-refractivity contribution in [1.82, 2.24) is 9.97 Å². The molecule has 3 aromatic rings. The van der Waals surface area contributed by atoms with Crippen LogP contribution in [0, 0.1) is 0 Å². The van der Waals surface area contributed by atoms with E-state index in [-0.39, 0.29) is 11.7 Å². The lowest BCUT2D eigenvalue weighted by atomic mass is 9.98. The molecule has 2 aromatic heterocycles. The van der Waals surface area contributed by atoms with Crippen molar-refractivity contribution in [1.29, 1.82) is 0 Å². The number of rotatable bonds is 3. The summed E-state index contributed by atoms with van der Waals surface area (Å²) in [4.78, 5) is 22.8. The average Bonchev–Trinajstić information content (AvgIpc) is 2.92. The van der Waals surface area contributed by atoms with Crippen molar-refractivity contribution in [2.45, 2.75) is 58.5 Å². The Bertz CT molecular complexity index is 970. The number of hydrogen-bond acceptors (Lipinski definition) is 4. The SMILES string of the molecule is CC(C)Oc1ccc(-c2nc3sc4c(c3c(=O)[nH]2)CCCCCC4)cc1. The van der Waals surface area contributed by atoms with E-state index in [1.165, 1.54) is 29.7 Å². The molecule has 2 heterocycles. The van der Waals surface area contributed by atoms with E-state index in [1.807, 2.05) is 38.1 Å². The summed E-state index contributed by atoms with van der Waals surface area (Å²) in [7, 11) is 0. The minimum atomic E-state index is -0.00872. The summed E-state index contributed by atoms with van der Waals surface area (Å²) in [5.41, 5.74) is 2.14. The summed E-state index contributed by atoms with van der Waals surface area (Å²) < 4.78 is 5.69. The summed E-state index contributed by atoms with van der Waals surface area (Å²) in [5.74, 6) is 1.46. The number of ether oxygens (including phenoxy) is 1. The lowest BCUT2D eigenvalue weighted by molar-refractivity contribution is 0.242. The summed E-state index contributed by atoms with van der Waals surface area (Å²) in [5, 5.41) is 0.815. The highest BCUT2D eigenvalue weighted by Gasteiger charge is 2.18. The second-order valence-electron chi connectivity index (χ2n) is 7.20. The number of nitrogens with one attached hydrogen (secondary N) is 1. The number of fused-ring (bicyclic) bond motifs is 3. The second kappa shape index (κ2) is 7.23. The molecule has 26 heavy (non-hydrogen) atoms. The first-order valence-electron chi connectivity index (χ1n) is 9.43. The van der Waals surface area contributed by atoms with E-state index in [2.05, 4.69) is 4.98 Å². The molecule has 5 heteroatoms. The summed E-state index contributed by atoms with van der Waals surface area (Å²) in [6, 6.07) is 7.75. The molecule has 1 aliphatic carbocycles. The first kappa shape index (κ1) is 17.3. The van der Waals surface area contributed by atoms with Crippen LogP contribution >= 0.6 is 11.3 Å². The van der Waals surface area contributed by atoms with Gasteiger partial charge in [0.1, 0.15) is 16.4 Å². The zero-order valence-electron chi connectivity index (χ0n) is 15.3. The molecule has 0 atom stereocenters. The Kier molecular flexibility index (Phi) is 4.81. The number of thiophene rings is 1. The highest BCUT2D eigenvalue weighted by Crippen LogP contribution is 2.33. The highest BCUT2D eigenvalue weighted by molar-refractivity contribution is 7.18. The maximum absolute atomic E-state index is 12.8. The van der Waals surface area contributed by atoms with Crippen molar-refractivity contribution in [2.24, 2.45) is 0 Å². The Balaban J connectivity index is 1.74. The van der Waals surface area contributed by atoms with Crippen molar-refractivity contribution < 1.29 is 4.74 Å². The summed E-state index contributed by atoms with van der Waals surface area (Å²) >= 11 is 1.70. The van der Waals surface area contributed by atoms with Crippen LogP contribution in [0.15, 0.2) is 29.1 Å². The molecule has 0 unspecified atom stereocenters. The van der Waals surface area contributed by atoms with Crippen LogP contribution in [0.1, 0.15) is 50.0 Å². The van der Waals surface area contributed by atoms with Gasteiger partial charge in [-0.25, -0.2) is 4.98 Å². The van der Waals surface area contributed by atoms with Crippen molar-refractivity contribution in [2.75, 3.05) is 0 Å². The number of benzene rings is 1. The fourth-order valence-electron chi connectivity index (χ4n) is 3.62. The quantitative estimate of drug-likeness (QED) is 0.700. The average molecular weight is 369 g/mol. The van der Waals surface area contributed by atoms with Gasteiger partial charge in [0.2, 0.25) is 0 Å².